The van der Waals surface area contributed by atoms with Crippen molar-refractivity contribution in [3.63, 3.8) is 0 Å². The number of methoxy groups -OCH3 is 1. The molecule has 0 radical (unpaired) electrons. The Bertz CT molecular complexity index is 871. The topological polar surface area (TPSA) is 113 Å². The fourth-order valence-corrected chi connectivity index (χ4v) is 2.48. The van der Waals surface area contributed by atoms with E-state index >= 15 is 0 Å². The van der Waals surface area contributed by atoms with Crippen LogP contribution in [0.15, 0.2) is 30.6 Å². The van der Waals surface area contributed by atoms with E-state index in [9.17, 15) is 4.79 Å². The Kier molecular flexibility index (Phi) is 5.32. The molecule has 1 atom stereocenters. The number of nitrogens with one attached hydrogen (secondary N) is 1. The molecule has 0 saturated carbocycles. The van der Waals surface area contributed by atoms with Crippen LogP contribution in [-0.4, -0.2) is 54.6 Å². The predicted molar refractivity (Wildman–Crippen MR) is 92.0 cm³/mol. The van der Waals surface area contributed by atoms with Gasteiger partial charge in [-0.2, -0.15) is 4.80 Å². The number of amides is 1. The first-order chi connectivity index (χ1) is 12.6. The minimum atomic E-state index is -0.289. The maximum absolute atomic E-state index is 12.5. The number of ether oxygens (including phenoxy) is 1. The van der Waals surface area contributed by atoms with Crippen LogP contribution in [0.5, 0.6) is 0 Å². The second kappa shape index (κ2) is 7.83. The van der Waals surface area contributed by atoms with E-state index in [4.69, 9.17) is 4.74 Å². The van der Waals surface area contributed by atoms with E-state index in [1.807, 2.05) is 11.5 Å². The van der Waals surface area contributed by atoms with Crippen molar-refractivity contribution in [2.75, 3.05) is 13.7 Å². The Morgan fingerprint density at radius 3 is 2.69 bits per heavy atom. The van der Waals surface area contributed by atoms with E-state index in [1.165, 1.54) is 4.80 Å². The van der Waals surface area contributed by atoms with Gasteiger partial charge in [0.2, 0.25) is 5.82 Å². The van der Waals surface area contributed by atoms with Crippen LogP contribution in [0.2, 0.25) is 0 Å². The lowest BCUT2D eigenvalue weighted by atomic mass is 10.1. The summed E-state index contributed by atoms with van der Waals surface area (Å²) in [5.74, 6) is 0.993. The summed E-state index contributed by atoms with van der Waals surface area (Å²) < 4.78 is 6.93. The highest BCUT2D eigenvalue weighted by Crippen LogP contribution is 2.15. The third-order valence-electron chi connectivity index (χ3n) is 3.83. The van der Waals surface area contributed by atoms with Crippen LogP contribution >= 0.6 is 0 Å². The first kappa shape index (κ1) is 17.7. The van der Waals surface area contributed by atoms with Crippen molar-refractivity contribution in [3.05, 3.63) is 42.0 Å². The minimum absolute atomic E-state index is 0.197. The molecule has 10 heteroatoms. The maximum Gasteiger partial charge on any atom is 0.251 e. The summed E-state index contributed by atoms with van der Waals surface area (Å²) >= 11 is 0. The summed E-state index contributed by atoms with van der Waals surface area (Å²) in [4.78, 5) is 13.9. The van der Waals surface area contributed by atoms with Gasteiger partial charge >= 0.3 is 0 Å². The SMILES string of the molecule is COCCn1cnnc1[C@H](C)NC(=O)c1ccc(-c2nnn(C)n2)cc1. The summed E-state index contributed by atoms with van der Waals surface area (Å²) in [5, 5.41) is 22.8. The second-order valence-corrected chi connectivity index (χ2v) is 5.75. The van der Waals surface area contributed by atoms with Gasteiger partial charge in [-0.3, -0.25) is 4.79 Å². The summed E-state index contributed by atoms with van der Waals surface area (Å²) in [6.07, 6.45) is 1.62. The van der Waals surface area contributed by atoms with Gasteiger partial charge in [-0.15, -0.1) is 20.4 Å². The molecule has 0 saturated heterocycles. The van der Waals surface area contributed by atoms with E-state index < -0.39 is 0 Å². The van der Waals surface area contributed by atoms with Crippen molar-refractivity contribution in [1.82, 2.24) is 40.3 Å². The van der Waals surface area contributed by atoms with Crippen LogP contribution in [0.4, 0.5) is 0 Å². The summed E-state index contributed by atoms with van der Waals surface area (Å²) in [6.45, 7) is 3.03. The molecule has 1 N–H and O–H groups in total. The lowest BCUT2D eigenvalue weighted by Crippen LogP contribution is -2.29. The van der Waals surface area contributed by atoms with Crippen LogP contribution in [0.1, 0.15) is 29.1 Å². The van der Waals surface area contributed by atoms with Crippen LogP contribution in [-0.2, 0) is 18.3 Å². The molecular formula is C16H20N8O2. The summed E-state index contributed by atoms with van der Waals surface area (Å²) in [6, 6.07) is 6.74. The Hall–Kier alpha value is -3.14. The minimum Gasteiger partial charge on any atom is -0.383 e. The number of carbonyl (C=O) groups is 1. The van der Waals surface area contributed by atoms with Crippen molar-refractivity contribution >= 4 is 5.91 Å². The molecule has 0 aliphatic carbocycles. The number of nitrogens with zero attached hydrogens (tertiary/aromatic N) is 7. The van der Waals surface area contributed by atoms with Crippen molar-refractivity contribution in [3.8, 4) is 11.4 Å². The average Bonchev–Trinajstić information content (AvgIpc) is 3.29. The second-order valence-electron chi connectivity index (χ2n) is 5.75. The smallest absolute Gasteiger partial charge is 0.251 e. The molecule has 1 amide bonds. The van der Waals surface area contributed by atoms with Crippen LogP contribution < -0.4 is 5.32 Å². The zero-order valence-corrected chi connectivity index (χ0v) is 14.8. The number of hydrogen-bond donors (Lipinski definition) is 1. The monoisotopic (exact) mass is 356 g/mol. The molecule has 0 spiro atoms. The van der Waals surface area contributed by atoms with E-state index in [2.05, 4.69) is 30.9 Å². The van der Waals surface area contributed by atoms with Crippen molar-refractivity contribution in [1.29, 1.82) is 0 Å². The van der Waals surface area contributed by atoms with E-state index in [0.29, 0.717) is 30.4 Å². The molecule has 136 valence electrons. The van der Waals surface area contributed by atoms with E-state index in [-0.39, 0.29) is 11.9 Å². The molecule has 2 aromatic heterocycles. The van der Waals surface area contributed by atoms with Gasteiger partial charge < -0.3 is 14.6 Å². The van der Waals surface area contributed by atoms with E-state index in [1.54, 1.807) is 44.8 Å². The van der Waals surface area contributed by atoms with Gasteiger partial charge in [-0.1, -0.05) is 12.1 Å². The Morgan fingerprint density at radius 2 is 2.04 bits per heavy atom. The molecule has 3 rings (SSSR count). The predicted octanol–water partition coefficient (Wildman–Crippen LogP) is 0.606. The third kappa shape index (κ3) is 3.91. The van der Waals surface area contributed by atoms with Gasteiger partial charge in [0.15, 0.2) is 5.82 Å². The van der Waals surface area contributed by atoms with Gasteiger partial charge in [0.05, 0.1) is 19.7 Å². The molecule has 0 aliphatic rings. The molecular weight excluding hydrogens is 336 g/mol. The Balaban J connectivity index is 1.67. The summed E-state index contributed by atoms with van der Waals surface area (Å²) in [7, 11) is 3.33. The number of aryl methyl sites for hydroxylation is 1. The van der Waals surface area contributed by atoms with Gasteiger partial charge in [0.1, 0.15) is 6.33 Å². The zero-order valence-electron chi connectivity index (χ0n) is 14.8. The largest absolute Gasteiger partial charge is 0.383 e. The number of aromatic nitrogens is 7. The molecule has 0 aliphatic heterocycles. The fraction of sp³-hybridized carbons (Fsp3) is 0.375. The lowest BCUT2D eigenvalue weighted by molar-refractivity contribution is 0.0937. The average molecular weight is 356 g/mol. The highest BCUT2D eigenvalue weighted by molar-refractivity contribution is 5.94. The standard InChI is InChI=1S/C16H20N8O2/c1-11(15-20-17-10-24(15)8-9-26-3)18-16(25)13-6-4-12(5-7-13)14-19-22-23(2)21-14/h4-7,10-11H,8-9H2,1-3H3,(H,18,25)/t11-/m0/s1. The maximum atomic E-state index is 12.5. The lowest BCUT2D eigenvalue weighted by Gasteiger charge is -2.14. The highest BCUT2D eigenvalue weighted by Gasteiger charge is 2.17. The van der Waals surface area contributed by atoms with Gasteiger partial charge in [0.25, 0.3) is 5.91 Å². The molecule has 0 bridgehead atoms. The van der Waals surface area contributed by atoms with Gasteiger partial charge in [-0.25, -0.2) is 0 Å². The third-order valence-corrected chi connectivity index (χ3v) is 3.83. The van der Waals surface area contributed by atoms with Crippen LogP contribution in [0.3, 0.4) is 0 Å². The first-order valence-electron chi connectivity index (χ1n) is 8.10. The van der Waals surface area contributed by atoms with E-state index in [0.717, 1.165) is 5.56 Å². The fourth-order valence-electron chi connectivity index (χ4n) is 2.48. The molecule has 1 aromatic carbocycles. The Labute approximate surface area is 150 Å². The number of tetrazole rings is 1. The molecule has 0 unspecified atom stereocenters. The van der Waals surface area contributed by atoms with Crippen LogP contribution in [0.25, 0.3) is 11.4 Å². The molecule has 2 heterocycles. The molecule has 26 heavy (non-hydrogen) atoms. The Morgan fingerprint density at radius 1 is 1.27 bits per heavy atom. The van der Waals surface area contributed by atoms with Gasteiger partial charge in [-0.05, 0) is 24.3 Å². The first-order valence-corrected chi connectivity index (χ1v) is 8.10. The van der Waals surface area contributed by atoms with Gasteiger partial charge in [0, 0.05) is 24.8 Å². The number of hydrogen-bond acceptors (Lipinski definition) is 7. The summed E-state index contributed by atoms with van der Waals surface area (Å²) in [5.41, 5.74) is 1.33. The number of carbonyl (C=O) groups excluding carboxylic acids is 1. The number of rotatable bonds is 7. The molecule has 10 nitrogen and oxygen atoms in total. The van der Waals surface area contributed by atoms with Crippen molar-refractivity contribution in [2.45, 2.75) is 19.5 Å². The van der Waals surface area contributed by atoms with Crippen molar-refractivity contribution in [2.24, 2.45) is 7.05 Å². The number of benzene rings is 1. The normalized spacial score (nSPS) is 12.1. The highest BCUT2D eigenvalue weighted by atomic mass is 16.5. The quantitative estimate of drug-likeness (QED) is 0.660. The zero-order chi connectivity index (χ0) is 18.5. The van der Waals surface area contributed by atoms with Crippen molar-refractivity contribution < 1.29 is 9.53 Å². The molecule has 0 fully saturated rings. The molecule has 3 aromatic rings. The van der Waals surface area contributed by atoms with Crippen LogP contribution in [0, 0.1) is 0 Å².